The fourth-order valence-corrected chi connectivity index (χ4v) is 4.73. The molecule has 22 heavy (non-hydrogen) atoms. The molecule has 126 valence electrons. The van der Waals surface area contributed by atoms with Crippen molar-refractivity contribution >= 4 is 6.09 Å². The zero-order valence-electron chi connectivity index (χ0n) is 14.5. The maximum atomic E-state index is 12.6. The molecule has 4 heteroatoms. The summed E-state index contributed by atoms with van der Waals surface area (Å²) in [6, 6.07) is 1.11. The van der Waals surface area contributed by atoms with Crippen LogP contribution in [0.2, 0.25) is 0 Å². The summed E-state index contributed by atoms with van der Waals surface area (Å²) in [5.41, 5.74) is -0.396. The fourth-order valence-electron chi connectivity index (χ4n) is 4.73. The van der Waals surface area contributed by atoms with Crippen LogP contribution in [0.4, 0.5) is 4.79 Å². The summed E-state index contributed by atoms with van der Waals surface area (Å²) < 4.78 is 5.66. The first-order valence-corrected chi connectivity index (χ1v) is 9.19. The number of piperidine rings is 1. The van der Waals surface area contributed by atoms with Gasteiger partial charge in [-0.1, -0.05) is 0 Å². The minimum Gasteiger partial charge on any atom is -0.444 e. The third-order valence-corrected chi connectivity index (χ3v) is 5.56. The molecule has 4 nitrogen and oxygen atoms in total. The monoisotopic (exact) mass is 308 g/mol. The Labute approximate surface area is 135 Å². The molecular weight excluding hydrogens is 276 g/mol. The zero-order valence-corrected chi connectivity index (χ0v) is 14.5. The predicted octanol–water partition coefficient (Wildman–Crippen LogP) is 3.65. The van der Waals surface area contributed by atoms with Gasteiger partial charge in [-0.3, -0.25) is 0 Å². The van der Waals surface area contributed by atoms with Crippen molar-refractivity contribution in [1.82, 2.24) is 9.80 Å². The smallest absolute Gasteiger partial charge is 0.410 e. The molecule has 0 aromatic rings. The second-order valence-corrected chi connectivity index (χ2v) is 8.29. The van der Waals surface area contributed by atoms with E-state index in [1.807, 2.05) is 20.8 Å². The SMILES string of the molecule is CC(C)(C)OC(=O)N1CCC[C@@H]2[C@H](N3CCCC3)CCC[C@@H]21. The number of amides is 1. The van der Waals surface area contributed by atoms with E-state index in [-0.39, 0.29) is 6.09 Å². The van der Waals surface area contributed by atoms with Crippen molar-refractivity contribution < 1.29 is 9.53 Å². The molecule has 2 heterocycles. The van der Waals surface area contributed by atoms with Crippen LogP contribution in [-0.2, 0) is 4.74 Å². The predicted molar refractivity (Wildman–Crippen MR) is 87.9 cm³/mol. The summed E-state index contributed by atoms with van der Waals surface area (Å²) in [7, 11) is 0. The van der Waals surface area contributed by atoms with E-state index in [0.717, 1.165) is 19.4 Å². The van der Waals surface area contributed by atoms with Crippen LogP contribution in [0.1, 0.15) is 65.7 Å². The van der Waals surface area contributed by atoms with Gasteiger partial charge in [-0.2, -0.15) is 0 Å². The van der Waals surface area contributed by atoms with Crippen molar-refractivity contribution in [2.24, 2.45) is 5.92 Å². The molecule has 3 rings (SSSR count). The molecule has 0 aromatic heterocycles. The molecule has 3 aliphatic rings. The van der Waals surface area contributed by atoms with Crippen LogP contribution in [0.5, 0.6) is 0 Å². The minimum atomic E-state index is -0.396. The van der Waals surface area contributed by atoms with E-state index in [9.17, 15) is 4.79 Å². The fraction of sp³-hybridized carbons (Fsp3) is 0.944. The number of ether oxygens (including phenoxy) is 1. The highest BCUT2D eigenvalue weighted by atomic mass is 16.6. The van der Waals surface area contributed by atoms with Crippen molar-refractivity contribution in [2.45, 2.75) is 83.4 Å². The lowest BCUT2D eigenvalue weighted by Crippen LogP contribution is -2.57. The van der Waals surface area contributed by atoms with Crippen molar-refractivity contribution in [3.8, 4) is 0 Å². The van der Waals surface area contributed by atoms with E-state index in [1.165, 1.54) is 45.2 Å². The Morgan fingerprint density at radius 2 is 1.59 bits per heavy atom. The van der Waals surface area contributed by atoms with Gasteiger partial charge in [0.15, 0.2) is 0 Å². The maximum Gasteiger partial charge on any atom is 0.410 e. The van der Waals surface area contributed by atoms with Gasteiger partial charge in [0.05, 0.1) is 0 Å². The Morgan fingerprint density at radius 1 is 0.909 bits per heavy atom. The number of hydrogen-bond donors (Lipinski definition) is 0. The second-order valence-electron chi connectivity index (χ2n) is 8.29. The van der Waals surface area contributed by atoms with Crippen molar-refractivity contribution in [3.05, 3.63) is 0 Å². The molecule has 2 saturated heterocycles. The highest BCUT2D eigenvalue weighted by molar-refractivity contribution is 5.68. The molecule has 0 aromatic carbocycles. The molecule has 0 radical (unpaired) electrons. The van der Waals surface area contributed by atoms with Crippen LogP contribution < -0.4 is 0 Å². The van der Waals surface area contributed by atoms with Gasteiger partial charge in [-0.25, -0.2) is 4.79 Å². The van der Waals surface area contributed by atoms with Gasteiger partial charge in [0.1, 0.15) is 5.60 Å². The number of carbonyl (C=O) groups is 1. The topological polar surface area (TPSA) is 32.8 Å². The van der Waals surface area contributed by atoms with Crippen LogP contribution in [0, 0.1) is 5.92 Å². The third kappa shape index (κ3) is 3.42. The largest absolute Gasteiger partial charge is 0.444 e. The molecule has 0 spiro atoms. The summed E-state index contributed by atoms with van der Waals surface area (Å²) >= 11 is 0. The summed E-state index contributed by atoms with van der Waals surface area (Å²) in [6.45, 7) is 9.28. The highest BCUT2D eigenvalue weighted by Crippen LogP contribution is 2.39. The van der Waals surface area contributed by atoms with Gasteiger partial charge in [-0.15, -0.1) is 0 Å². The number of fused-ring (bicyclic) bond motifs is 1. The van der Waals surface area contributed by atoms with Gasteiger partial charge >= 0.3 is 6.09 Å². The van der Waals surface area contributed by atoms with Crippen LogP contribution in [0.3, 0.4) is 0 Å². The van der Waals surface area contributed by atoms with E-state index in [0.29, 0.717) is 18.0 Å². The van der Waals surface area contributed by atoms with Gasteiger partial charge in [0.2, 0.25) is 0 Å². The molecule has 0 bridgehead atoms. The molecule has 2 aliphatic heterocycles. The number of rotatable bonds is 1. The molecule has 1 saturated carbocycles. The van der Waals surface area contributed by atoms with E-state index < -0.39 is 5.60 Å². The van der Waals surface area contributed by atoms with Gasteiger partial charge < -0.3 is 14.5 Å². The molecule has 3 fully saturated rings. The molecule has 1 aliphatic carbocycles. The third-order valence-electron chi connectivity index (χ3n) is 5.56. The van der Waals surface area contributed by atoms with E-state index in [4.69, 9.17) is 4.74 Å². The van der Waals surface area contributed by atoms with Gasteiger partial charge in [0.25, 0.3) is 0 Å². The Bertz CT molecular complexity index is 398. The van der Waals surface area contributed by atoms with Crippen LogP contribution in [0.15, 0.2) is 0 Å². The lowest BCUT2D eigenvalue weighted by molar-refractivity contribution is -0.0258. The lowest BCUT2D eigenvalue weighted by atomic mass is 9.74. The van der Waals surface area contributed by atoms with E-state index in [1.54, 1.807) is 0 Å². The lowest BCUT2D eigenvalue weighted by Gasteiger charge is -2.49. The number of carbonyl (C=O) groups excluding carboxylic acids is 1. The zero-order chi connectivity index (χ0) is 15.7. The van der Waals surface area contributed by atoms with Crippen molar-refractivity contribution in [2.75, 3.05) is 19.6 Å². The summed E-state index contributed by atoms with van der Waals surface area (Å²) in [6.07, 6.45) is 8.76. The number of nitrogens with zero attached hydrogens (tertiary/aromatic N) is 2. The van der Waals surface area contributed by atoms with E-state index >= 15 is 0 Å². The average Bonchev–Trinajstić information content (AvgIpc) is 2.98. The highest BCUT2D eigenvalue weighted by Gasteiger charge is 2.44. The number of hydrogen-bond acceptors (Lipinski definition) is 3. The number of likely N-dealkylation sites (tertiary alicyclic amines) is 2. The first-order valence-electron chi connectivity index (χ1n) is 9.19. The van der Waals surface area contributed by atoms with Gasteiger partial charge in [-0.05, 0) is 84.7 Å². The van der Waals surface area contributed by atoms with Crippen LogP contribution in [0.25, 0.3) is 0 Å². The Hall–Kier alpha value is -0.770. The summed E-state index contributed by atoms with van der Waals surface area (Å²) in [4.78, 5) is 17.3. The maximum absolute atomic E-state index is 12.6. The first-order chi connectivity index (χ1) is 10.5. The van der Waals surface area contributed by atoms with Crippen molar-refractivity contribution in [1.29, 1.82) is 0 Å². The van der Waals surface area contributed by atoms with Gasteiger partial charge in [0, 0.05) is 18.6 Å². The van der Waals surface area contributed by atoms with Crippen molar-refractivity contribution in [3.63, 3.8) is 0 Å². The quantitative estimate of drug-likeness (QED) is 0.741. The standard InChI is InChI=1S/C18H32N2O2/c1-18(2,3)22-17(21)20-13-7-8-14-15(9-6-10-16(14)20)19-11-4-5-12-19/h14-16H,4-13H2,1-3H3/t14-,15-,16+/m1/s1. The Morgan fingerprint density at radius 3 is 2.27 bits per heavy atom. The summed E-state index contributed by atoms with van der Waals surface area (Å²) in [5, 5.41) is 0. The van der Waals surface area contributed by atoms with E-state index in [2.05, 4.69) is 9.80 Å². The second kappa shape index (κ2) is 6.38. The average molecular weight is 308 g/mol. The van der Waals surface area contributed by atoms with Crippen LogP contribution in [-0.4, -0.2) is 53.2 Å². The summed E-state index contributed by atoms with van der Waals surface area (Å²) in [5.74, 6) is 0.660. The Balaban J connectivity index is 1.70. The molecule has 0 N–H and O–H groups in total. The normalized spacial score (nSPS) is 33.6. The molecule has 3 atom stereocenters. The molecule has 0 unspecified atom stereocenters. The minimum absolute atomic E-state index is 0.0933. The molecular formula is C18H32N2O2. The molecule has 1 amide bonds. The first kappa shape index (κ1) is 16.1. The Kier molecular flexibility index (Phi) is 4.67. The van der Waals surface area contributed by atoms with Crippen LogP contribution >= 0.6 is 0 Å².